The van der Waals surface area contributed by atoms with Crippen LogP contribution in [-0.4, -0.2) is 12.6 Å². The van der Waals surface area contributed by atoms with E-state index in [4.69, 9.17) is 0 Å². The molecule has 1 atom stereocenters. The van der Waals surface area contributed by atoms with Crippen LogP contribution < -0.4 is 5.32 Å². The van der Waals surface area contributed by atoms with Crippen LogP contribution in [0.2, 0.25) is 0 Å². The molecule has 1 heteroatoms. The van der Waals surface area contributed by atoms with Crippen molar-refractivity contribution in [3.05, 3.63) is 60.7 Å². The van der Waals surface area contributed by atoms with E-state index < -0.39 is 0 Å². The van der Waals surface area contributed by atoms with Crippen LogP contribution in [0.25, 0.3) is 0 Å². The van der Waals surface area contributed by atoms with Gasteiger partial charge in [0.2, 0.25) is 0 Å². The second-order valence-corrected chi connectivity index (χ2v) is 3.48. The van der Waals surface area contributed by atoms with Crippen LogP contribution in [-0.2, 0) is 6.42 Å². The molecule has 1 aromatic carbocycles. The van der Waals surface area contributed by atoms with Gasteiger partial charge in [-0.1, -0.05) is 48.6 Å². The standard InChI is InChI=1S/C14H19N/c1-3-8-14(4-2)15-12-11-13-9-6-5-7-10-13/h3-10,14-15H,2,11-12H2,1H3/b8-3+. The maximum Gasteiger partial charge on any atom is 0.0432 e. The van der Waals surface area contributed by atoms with E-state index in [1.165, 1.54) is 5.56 Å². The van der Waals surface area contributed by atoms with Crippen LogP contribution in [0, 0.1) is 0 Å². The Morgan fingerprint density at radius 2 is 2.07 bits per heavy atom. The Morgan fingerprint density at radius 1 is 1.33 bits per heavy atom. The van der Waals surface area contributed by atoms with Gasteiger partial charge in [-0.15, -0.1) is 6.58 Å². The summed E-state index contributed by atoms with van der Waals surface area (Å²) in [7, 11) is 0. The molecule has 0 fully saturated rings. The third kappa shape index (κ3) is 4.61. The number of rotatable bonds is 6. The summed E-state index contributed by atoms with van der Waals surface area (Å²) in [6, 6.07) is 10.8. The summed E-state index contributed by atoms with van der Waals surface area (Å²) < 4.78 is 0. The lowest BCUT2D eigenvalue weighted by molar-refractivity contribution is 0.671. The molecule has 1 nitrogen and oxygen atoms in total. The van der Waals surface area contributed by atoms with E-state index in [9.17, 15) is 0 Å². The third-order valence-corrected chi connectivity index (χ3v) is 2.29. The highest BCUT2D eigenvalue weighted by molar-refractivity contribution is 5.15. The quantitative estimate of drug-likeness (QED) is 0.698. The first-order valence-electron chi connectivity index (χ1n) is 5.39. The van der Waals surface area contributed by atoms with Crippen molar-refractivity contribution in [3.63, 3.8) is 0 Å². The lowest BCUT2D eigenvalue weighted by atomic mass is 10.1. The fourth-order valence-electron chi connectivity index (χ4n) is 1.47. The Bertz CT molecular complexity index is 300. The van der Waals surface area contributed by atoms with Crippen LogP contribution in [0.15, 0.2) is 55.1 Å². The normalized spacial score (nSPS) is 12.9. The van der Waals surface area contributed by atoms with Gasteiger partial charge in [-0.25, -0.2) is 0 Å². The molecule has 0 saturated heterocycles. The Morgan fingerprint density at radius 3 is 2.67 bits per heavy atom. The monoisotopic (exact) mass is 201 g/mol. The molecule has 0 heterocycles. The number of allylic oxidation sites excluding steroid dienone is 1. The number of hydrogen-bond donors (Lipinski definition) is 1. The first-order valence-corrected chi connectivity index (χ1v) is 5.39. The van der Waals surface area contributed by atoms with Gasteiger partial charge in [0.05, 0.1) is 0 Å². The molecule has 1 rings (SSSR count). The first kappa shape index (κ1) is 11.7. The lowest BCUT2D eigenvalue weighted by Gasteiger charge is -2.09. The van der Waals surface area contributed by atoms with Gasteiger partial charge in [-0.2, -0.15) is 0 Å². The summed E-state index contributed by atoms with van der Waals surface area (Å²) in [6.07, 6.45) is 7.13. The largest absolute Gasteiger partial charge is 0.307 e. The van der Waals surface area contributed by atoms with Crippen molar-refractivity contribution < 1.29 is 0 Å². The fourth-order valence-corrected chi connectivity index (χ4v) is 1.47. The smallest absolute Gasteiger partial charge is 0.0432 e. The minimum Gasteiger partial charge on any atom is -0.307 e. The molecule has 0 aromatic heterocycles. The summed E-state index contributed by atoms with van der Waals surface area (Å²) in [5.41, 5.74) is 1.37. The molecule has 1 aromatic rings. The van der Waals surface area contributed by atoms with Gasteiger partial charge in [0.1, 0.15) is 0 Å². The second kappa shape index (κ2) is 7.02. The van der Waals surface area contributed by atoms with E-state index in [1.807, 2.05) is 25.1 Å². The molecule has 0 aliphatic carbocycles. The number of benzene rings is 1. The Balaban J connectivity index is 2.29. The molecule has 0 spiro atoms. The SMILES string of the molecule is C=CC(/C=C/C)NCCc1ccccc1. The molecule has 0 aliphatic rings. The predicted molar refractivity (Wildman–Crippen MR) is 66.9 cm³/mol. The summed E-state index contributed by atoms with van der Waals surface area (Å²) in [5.74, 6) is 0. The molecule has 0 bridgehead atoms. The summed E-state index contributed by atoms with van der Waals surface area (Å²) >= 11 is 0. The van der Waals surface area contributed by atoms with Gasteiger partial charge in [-0.3, -0.25) is 0 Å². The van der Waals surface area contributed by atoms with Crippen molar-refractivity contribution >= 4 is 0 Å². The zero-order valence-electron chi connectivity index (χ0n) is 9.32. The van der Waals surface area contributed by atoms with Crippen molar-refractivity contribution in [1.29, 1.82) is 0 Å². The molecule has 80 valence electrons. The summed E-state index contributed by atoms with van der Waals surface area (Å²) in [5, 5.41) is 3.41. The lowest BCUT2D eigenvalue weighted by Crippen LogP contribution is -2.27. The van der Waals surface area contributed by atoms with E-state index in [-0.39, 0.29) is 0 Å². The summed E-state index contributed by atoms with van der Waals surface area (Å²) in [4.78, 5) is 0. The predicted octanol–water partition coefficient (Wildman–Crippen LogP) is 2.95. The highest BCUT2D eigenvalue weighted by atomic mass is 14.9. The van der Waals surface area contributed by atoms with Gasteiger partial charge in [0.25, 0.3) is 0 Å². The minimum absolute atomic E-state index is 0.290. The van der Waals surface area contributed by atoms with Crippen molar-refractivity contribution in [3.8, 4) is 0 Å². The van der Waals surface area contributed by atoms with Crippen molar-refractivity contribution in [1.82, 2.24) is 5.32 Å². The molecule has 15 heavy (non-hydrogen) atoms. The van der Waals surface area contributed by atoms with Crippen LogP contribution in [0.5, 0.6) is 0 Å². The maximum absolute atomic E-state index is 3.79. The van der Waals surface area contributed by atoms with Gasteiger partial charge >= 0.3 is 0 Å². The van der Waals surface area contributed by atoms with Crippen LogP contribution in [0.4, 0.5) is 0 Å². The topological polar surface area (TPSA) is 12.0 Å². The Labute approximate surface area is 92.5 Å². The highest BCUT2D eigenvalue weighted by Crippen LogP contribution is 1.98. The van der Waals surface area contributed by atoms with E-state index >= 15 is 0 Å². The van der Waals surface area contributed by atoms with E-state index in [0.29, 0.717) is 6.04 Å². The molecular weight excluding hydrogens is 182 g/mol. The highest BCUT2D eigenvalue weighted by Gasteiger charge is 1.97. The molecule has 0 radical (unpaired) electrons. The van der Waals surface area contributed by atoms with Crippen molar-refractivity contribution in [2.75, 3.05) is 6.54 Å². The molecule has 0 saturated carbocycles. The fraction of sp³-hybridized carbons (Fsp3) is 0.286. The molecule has 0 amide bonds. The van der Waals surface area contributed by atoms with E-state index in [2.05, 4.69) is 42.2 Å². The van der Waals surface area contributed by atoms with E-state index in [0.717, 1.165) is 13.0 Å². The van der Waals surface area contributed by atoms with E-state index in [1.54, 1.807) is 0 Å². The maximum atomic E-state index is 3.79. The van der Waals surface area contributed by atoms with Gasteiger partial charge in [0, 0.05) is 12.6 Å². The number of nitrogens with one attached hydrogen (secondary N) is 1. The van der Waals surface area contributed by atoms with Crippen LogP contribution >= 0.6 is 0 Å². The second-order valence-electron chi connectivity index (χ2n) is 3.48. The Hall–Kier alpha value is -1.34. The van der Waals surface area contributed by atoms with Gasteiger partial charge < -0.3 is 5.32 Å². The summed E-state index contributed by atoms with van der Waals surface area (Å²) in [6.45, 7) is 6.79. The minimum atomic E-state index is 0.290. The van der Waals surface area contributed by atoms with Gasteiger partial charge in [-0.05, 0) is 18.9 Å². The average molecular weight is 201 g/mol. The number of hydrogen-bond acceptors (Lipinski definition) is 1. The van der Waals surface area contributed by atoms with Crippen molar-refractivity contribution in [2.24, 2.45) is 0 Å². The van der Waals surface area contributed by atoms with Crippen LogP contribution in [0.1, 0.15) is 12.5 Å². The Kier molecular flexibility index (Phi) is 5.49. The van der Waals surface area contributed by atoms with Crippen LogP contribution in [0.3, 0.4) is 0 Å². The first-order chi connectivity index (χ1) is 7.36. The average Bonchev–Trinajstić information content (AvgIpc) is 2.29. The molecular formula is C14H19N. The zero-order valence-corrected chi connectivity index (χ0v) is 9.32. The molecule has 1 N–H and O–H groups in total. The van der Waals surface area contributed by atoms with Gasteiger partial charge in [0.15, 0.2) is 0 Å². The zero-order chi connectivity index (χ0) is 10.9. The molecule has 0 aliphatic heterocycles. The molecule has 1 unspecified atom stereocenters. The third-order valence-electron chi connectivity index (χ3n) is 2.29. The van der Waals surface area contributed by atoms with Crippen molar-refractivity contribution in [2.45, 2.75) is 19.4 Å².